The molecule has 0 saturated carbocycles. The number of ether oxygens (including phenoxy) is 1. The van der Waals surface area contributed by atoms with Crippen molar-refractivity contribution in [2.45, 2.75) is 19.9 Å². The van der Waals surface area contributed by atoms with Gasteiger partial charge in [0.1, 0.15) is 11.6 Å². The van der Waals surface area contributed by atoms with Crippen LogP contribution in [0.2, 0.25) is 0 Å². The number of halogens is 2. The maximum absolute atomic E-state index is 14.1. The van der Waals surface area contributed by atoms with Gasteiger partial charge in [0.25, 0.3) is 0 Å². The number of thiocarbonyl (C=S) groups is 1. The minimum absolute atomic E-state index is 0.141. The highest BCUT2D eigenvalue weighted by molar-refractivity contribution is 7.80. The minimum atomic E-state index is -1.02. The zero-order chi connectivity index (χ0) is 16.4. The second-order valence-electron chi connectivity index (χ2n) is 4.75. The first-order valence-corrected chi connectivity index (χ1v) is 7.14. The molecule has 0 fully saturated rings. The Morgan fingerprint density at radius 2 is 2.00 bits per heavy atom. The van der Waals surface area contributed by atoms with E-state index < -0.39 is 23.6 Å². The molecule has 1 aliphatic heterocycles. The van der Waals surface area contributed by atoms with Crippen LogP contribution in [-0.4, -0.2) is 29.6 Å². The highest BCUT2D eigenvalue weighted by Crippen LogP contribution is 2.33. The van der Waals surface area contributed by atoms with Crippen molar-refractivity contribution in [3.05, 3.63) is 46.7 Å². The molecule has 1 heterocycles. The van der Waals surface area contributed by atoms with Crippen molar-refractivity contribution in [3.63, 3.8) is 0 Å². The van der Waals surface area contributed by atoms with E-state index >= 15 is 0 Å². The Hall–Kier alpha value is -2.02. The Morgan fingerprint density at radius 3 is 2.50 bits per heavy atom. The lowest BCUT2D eigenvalue weighted by Gasteiger charge is -2.37. The van der Waals surface area contributed by atoms with E-state index in [1.54, 1.807) is 11.8 Å². The van der Waals surface area contributed by atoms with Crippen LogP contribution in [0, 0.1) is 11.6 Å². The summed E-state index contributed by atoms with van der Waals surface area (Å²) in [5.74, 6) is -2.16. The topological polar surface area (TPSA) is 41.6 Å². The number of hydrogen-bond acceptors (Lipinski definition) is 3. The Labute approximate surface area is 132 Å². The van der Waals surface area contributed by atoms with Gasteiger partial charge >= 0.3 is 5.97 Å². The molecule has 0 unspecified atom stereocenters. The predicted octanol–water partition coefficient (Wildman–Crippen LogP) is 2.66. The summed E-state index contributed by atoms with van der Waals surface area (Å²) in [5, 5.41) is 3.14. The van der Waals surface area contributed by atoms with Gasteiger partial charge in [-0.2, -0.15) is 0 Å². The first kappa shape index (κ1) is 16.4. The van der Waals surface area contributed by atoms with Crippen LogP contribution in [0.5, 0.6) is 0 Å². The first-order valence-electron chi connectivity index (χ1n) is 6.73. The molecule has 0 bridgehead atoms. The van der Waals surface area contributed by atoms with Gasteiger partial charge in [0.05, 0.1) is 24.3 Å². The summed E-state index contributed by atoms with van der Waals surface area (Å²) in [6.45, 7) is 4.05. The van der Waals surface area contributed by atoms with Crippen LogP contribution < -0.4 is 5.32 Å². The molecule has 1 aliphatic rings. The molecule has 1 aromatic carbocycles. The minimum Gasteiger partial charge on any atom is -0.466 e. The monoisotopic (exact) mass is 326 g/mol. The number of carbonyl (C=O) groups is 1. The number of esters is 1. The van der Waals surface area contributed by atoms with Gasteiger partial charge in [-0.1, -0.05) is 6.07 Å². The third kappa shape index (κ3) is 2.68. The van der Waals surface area contributed by atoms with Crippen LogP contribution >= 0.6 is 12.2 Å². The Morgan fingerprint density at radius 1 is 1.41 bits per heavy atom. The summed E-state index contributed by atoms with van der Waals surface area (Å²) < 4.78 is 33.0. The average molecular weight is 326 g/mol. The quantitative estimate of drug-likeness (QED) is 0.683. The standard InChI is InChI=1S/C15H16F2N2O2S/c1-4-19-8(2)11(14(20)21-3)13(18-15(19)22)12-9(16)6-5-7-10(12)17/h5-7,13H,4H2,1-3H3,(H,18,22)/t13-/m1/s1. The third-order valence-electron chi connectivity index (χ3n) is 3.61. The second kappa shape index (κ2) is 6.39. The highest BCUT2D eigenvalue weighted by Gasteiger charge is 2.36. The highest BCUT2D eigenvalue weighted by atomic mass is 32.1. The lowest BCUT2D eigenvalue weighted by atomic mass is 9.94. The number of hydrogen-bond donors (Lipinski definition) is 1. The van der Waals surface area contributed by atoms with E-state index in [9.17, 15) is 13.6 Å². The average Bonchev–Trinajstić information content (AvgIpc) is 2.46. The molecule has 2 rings (SSSR count). The van der Waals surface area contributed by atoms with E-state index in [0.717, 1.165) is 12.1 Å². The maximum Gasteiger partial charge on any atom is 0.337 e. The number of nitrogens with zero attached hydrogens (tertiary/aromatic N) is 1. The van der Waals surface area contributed by atoms with E-state index in [0.29, 0.717) is 17.4 Å². The normalized spacial score (nSPS) is 18.3. The van der Waals surface area contributed by atoms with E-state index in [1.165, 1.54) is 13.2 Å². The largest absolute Gasteiger partial charge is 0.466 e. The van der Waals surface area contributed by atoms with E-state index in [2.05, 4.69) is 5.32 Å². The summed E-state index contributed by atoms with van der Waals surface area (Å²) in [4.78, 5) is 13.8. The molecule has 0 aromatic heterocycles. The first-order chi connectivity index (χ1) is 10.4. The van der Waals surface area contributed by atoms with Crippen molar-refractivity contribution < 1.29 is 18.3 Å². The van der Waals surface area contributed by atoms with Crippen molar-refractivity contribution in [3.8, 4) is 0 Å². The van der Waals surface area contributed by atoms with Crippen LogP contribution in [0.25, 0.3) is 0 Å². The van der Waals surface area contributed by atoms with Gasteiger partial charge < -0.3 is 15.0 Å². The van der Waals surface area contributed by atoms with Gasteiger partial charge in [0, 0.05) is 12.2 Å². The van der Waals surface area contributed by atoms with E-state index in [4.69, 9.17) is 17.0 Å². The predicted molar refractivity (Wildman–Crippen MR) is 81.9 cm³/mol. The molecule has 0 spiro atoms. The van der Waals surface area contributed by atoms with Crippen molar-refractivity contribution in [1.29, 1.82) is 0 Å². The number of allylic oxidation sites excluding steroid dienone is 1. The van der Waals surface area contributed by atoms with Gasteiger partial charge in [-0.15, -0.1) is 0 Å². The molecule has 22 heavy (non-hydrogen) atoms. The maximum atomic E-state index is 14.1. The number of nitrogens with one attached hydrogen (secondary N) is 1. The lowest BCUT2D eigenvalue weighted by molar-refractivity contribution is -0.136. The SMILES string of the molecule is CCN1C(=S)N[C@@H](c2c(F)cccc2F)C(C(=O)OC)=C1C. The fourth-order valence-corrected chi connectivity index (χ4v) is 2.92. The molecular weight excluding hydrogens is 310 g/mol. The van der Waals surface area contributed by atoms with Crippen LogP contribution in [0.1, 0.15) is 25.5 Å². The van der Waals surface area contributed by atoms with E-state index in [1.807, 2.05) is 6.92 Å². The molecule has 0 aliphatic carbocycles. The van der Waals surface area contributed by atoms with Crippen LogP contribution in [-0.2, 0) is 9.53 Å². The lowest BCUT2D eigenvalue weighted by Crippen LogP contribution is -2.48. The van der Waals surface area contributed by atoms with Crippen molar-refractivity contribution in [2.24, 2.45) is 0 Å². The molecule has 1 aromatic rings. The number of carbonyl (C=O) groups excluding carboxylic acids is 1. The summed E-state index contributed by atoms with van der Waals surface area (Å²) in [6.07, 6.45) is 0. The molecule has 1 N–H and O–H groups in total. The number of benzene rings is 1. The van der Waals surface area contributed by atoms with Crippen LogP contribution in [0.3, 0.4) is 0 Å². The fourth-order valence-electron chi connectivity index (χ4n) is 2.54. The number of rotatable bonds is 3. The molecule has 7 heteroatoms. The summed E-state index contributed by atoms with van der Waals surface area (Å²) >= 11 is 5.23. The Balaban J connectivity index is 2.66. The third-order valence-corrected chi connectivity index (χ3v) is 3.94. The molecule has 0 amide bonds. The van der Waals surface area contributed by atoms with Gasteiger partial charge in [-0.25, -0.2) is 13.6 Å². The summed E-state index contributed by atoms with van der Waals surface area (Å²) in [5.41, 5.74) is 0.410. The molecular formula is C15H16F2N2O2S. The Bertz CT molecular complexity index is 641. The molecule has 118 valence electrons. The van der Waals surface area contributed by atoms with Gasteiger partial charge in [-0.3, -0.25) is 0 Å². The van der Waals surface area contributed by atoms with Gasteiger partial charge in [0.15, 0.2) is 5.11 Å². The Kier molecular flexibility index (Phi) is 4.75. The fraction of sp³-hybridized carbons (Fsp3) is 0.333. The van der Waals surface area contributed by atoms with Crippen molar-refractivity contribution in [1.82, 2.24) is 10.2 Å². The molecule has 0 radical (unpaired) electrons. The number of methoxy groups -OCH3 is 1. The van der Waals surface area contributed by atoms with E-state index in [-0.39, 0.29) is 11.1 Å². The smallest absolute Gasteiger partial charge is 0.337 e. The summed E-state index contributed by atoms with van der Waals surface area (Å²) in [6, 6.07) is 2.52. The zero-order valence-corrected chi connectivity index (χ0v) is 13.3. The molecule has 4 nitrogen and oxygen atoms in total. The van der Waals surface area contributed by atoms with Crippen LogP contribution in [0.4, 0.5) is 8.78 Å². The summed E-state index contributed by atoms with van der Waals surface area (Å²) in [7, 11) is 1.22. The van der Waals surface area contributed by atoms with Crippen LogP contribution in [0.15, 0.2) is 29.5 Å². The second-order valence-corrected chi connectivity index (χ2v) is 5.14. The molecule has 1 atom stereocenters. The van der Waals surface area contributed by atoms with Crippen molar-refractivity contribution in [2.75, 3.05) is 13.7 Å². The zero-order valence-electron chi connectivity index (χ0n) is 12.4. The van der Waals surface area contributed by atoms with Crippen molar-refractivity contribution >= 4 is 23.3 Å². The molecule has 0 saturated heterocycles. The van der Waals surface area contributed by atoms with Gasteiger partial charge in [-0.05, 0) is 38.2 Å². The van der Waals surface area contributed by atoms with Gasteiger partial charge in [0.2, 0.25) is 0 Å².